The number of rotatable bonds is 6. The number of amides is 4. The number of phenolic OH excluding ortho intramolecular Hbond substituents is 1. The van der Waals surface area contributed by atoms with Crippen molar-refractivity contribution in [2.24, 2.45) is 17.8 Å². The van der Waals surface area contributed by atoms with E-state index in [1.807, 2.05) is 0 Å². The van der Waals surface area contributed by atoms with E-state index in [-0.39, 0.29) is 45.2 Å². The van der Waals surface area contributed by atoms with Crippen LogP contribution in [0.5, 0.6) is 11.5 Å². The fraction of sp³-hybridized carbons (Fsp3) is 0.225. The summed E-state index contributed by atoms with van der Waals surface area (Å²) in [7, 11) is 1.21. The lowest BCUT2D eigenvalue weighted by molar-refractivity contribution is -0.125. The molecule has 3 fully saturated rings. The van der Waals surface area contributed by atoms with Crippen molar-refractivity contribution in [3.8, 4) is 11.5 Å². The highest BCUT2D eigenvalue weighted by molar-refractivity contribution is 6.58. The minimum absolute atomic E-state index is 0.103. The molecule has 0 spiro atoms. The topological polar surface area (TPSA) is 121 Å². The lowest BCUT2D eigenvalue weighted by Crippen LogP contribution is -2.60. The first-order valence-electron chi connectivity index (χ1n) is 17.0. The van der Waals surface area contributed by atoms with Gasteiger partial charge >= 0.3 is 0 Å². The highest BCUT2D eigenvalue weighted by Crippen LogP contribution is 2.67. The van der Waals surface area contributed by atoms with E-state index in [9.17, 15) is 42.3 Å². The van der Waals surface area contributed by atoms with Gasteiger partial charge in [-0.3, -0.25) is 28.9 Å². The third-order valence-corrected chi connectivity index (χ3v) is 12.6. The number of benzene rings is 4. The molecule has 0 aromatic heterocycles. The first-order valence-corrected chi connectivity index (χ1v) is 17.8. The second kappa shape index (κ2) is 13.0. The minimum Gasteiger partial charge on any atom is -0.508 e. The van der Waals surface area contributed by atoms with Crippen LogP contribution in [0.4, 0.5) is 33.3 Å². The van der Waals surface area contributed by atoms with Crippen LogP contribution in [0.25, 0.3) is 0 Å². The van der Waals surface area contributed by atoms with Gasteiger partial charge in [0, 0.05) is 22.6 Å². The van der Waals surface area contributed by atoms with Gasteiger partial charge in [-0.1, -0.05) is 48.0 Å². The highest BCUT2D eigenvalue weighted by atomic mass is 35.5. The lowest BCUT2D eigenvalue weighted by atomic mass is 9.56. The Hall–Kier alpha value is -5.60. The van der Waals surface area contributed by atoms with Crippen molar-refractivity contribution >= 4 is 64.0 Å². The Morgan fingerprint density at radius 2 is 1.36 bits per heavy atom. The number of fused-ring (bicyclic) bond motifs is 4. The van der Waals surface area contributed by atoms with Crippen molar-refractivity contribution in [1.29, 1.82) is 0 Å². The highest BCUT2D eigenvalue weighted by Gasteiger charge is 2.77. The van der Waals surface area contributed by atoms with Crippen LogP contribution in [0.1, 0.15) is 40.2 Å². The third-order valence-electron chi connectivity index (χ3n) is 11.2. The number of aromatic hydroxyl groups is 1. The summed E-state index contributed by atoms with van der Waals surface area (Å²) in [6, 6.07) is 18.1. The molecule has 56 heavy (non-hydrogen) atoms. The molecule has 9 nitrogen and oxygen atoms in total. The number of halogens is 7. The predicted molar refractivity (Wildman–Crippen MR) is 190 cm³/mol. The Kier molecular flexibility index (Phi) is 8.66. The summed E-state index contributed by atoms with van der Waals surface area (Å²) in [5.74, 6) is -23.5. The van der Waals surface area contributed by atoms with Crippen LogP contribution >= 0.6 is 23.2 Å². The summed E-state index contributed by atoms with van der Waals surface area (Å²) in [4.78, 5) is 65.4. The second-order valence-corrected chi connectivity index (χ2v) is 15.1. The molecule has 0 bridgehead atoms. The summed E-state index contributed by atoms with van der Waals surface area (Å²) in [6.45, 7) is 0. The van der Waals surface area contributed by atoms with Gasteiger partial charge in [-0.05, 0) is 55.2 Å². The van der Waals surface area contributed by atoms with Crippen molar-refractivity contribution in [1.82, 2.24) is 0 Å². The molecule has 0 radical (unpaired) electrons. The van der Waals surface area contributed by atoms with Crippen LogP contribution in [-0.4, -0.2) is 51.4 Å². The molecule has 286 valence electrons. The maximum atomic E-state index is 15.3. The third kappa shape index (κ3) is 4.87. The normalized spacial score (nSPS) is 26.9. The smallest absolute Gasteiger partial charge is 0.258 e. The number of methoxy groups -OCH3 is 1. The summed E-state index contributed by atoms with van der Waals surface area (Å²) in [5.41, 5.74) is -1.22. The van der Waals surface area contributed by atoms with Crippen LogP contribution in [0.15, 0.2) is 84.4 Å². The molecule has 1 saturated carbocycles. The number of carbonyl (C=O) groups is 5. The van der Waals surface area contributed by atoms with Crippen molar-refractivity contribution in [2.45, 2.75) is 28.5 Å². The van der Waals surface area contributed by atoms with Gasteiger partial charge in [0.1, 0.15) is 17.2 Å². The van der Waals surface area contributed by atoms with E-state index in [4.69, 9.17) is 27.9 Å². The van der Waals surface area contributed by atoms with Crippen molar-refractivity contribution in [3.63, 3.8) is 0 Å². The second-order valence-electron chi connectivity index (χ2n) is 13.8. The summed E-state index contributed by atoms with van der Waals surface area (Å²) in [6.07, 6.45) is 0.643. The van der Waals surface area contributed by atoms with Crippen LogP contribution < -0.4 is 14.5 Å². The number of alkyl halides is 2. The SMILES string of the molecule is COc1cccc(O)c1C1C2=CCC3C(=O)N(c4ccc(C(=O)c5ccccc5)cc4)C(=O)C3C2CC2(Cl)C(=O)N(c3c(F)c(F)c(F)c(F)c3F)C(=O)C12Cl. The van der Waals surface area contributed by atoms with Gasteiger partial charge in [-0.25, -0.2) is 26.9 Å². The number of hydrogen-bond donors (Lipinski definition) is 1. The zero-order valence-corrected chi connectivity index (χ0v) is 30.2. The molecule has 2 heterocycles. The Bertz CT molecular complexity index is 2440. The van der Waals surface area contributed by atoms with Crippen molar-refractivity contribution in [2.75, 3.05) is 16.9 Å². The van der Waals surface area contributed by atoms with E-state index in [0.29, 0.717) is 5.56 Å². The molecule has 2 aliphatic carbocycles. The molecular formula is C40H25Cl2F5N2O7. The zero-order chi connectivity index (χ0) is 40.2. The Balaban J connectivity index is 1.26. The van der Waals surface area contributed by atoms with Crippen LogP contribution in [0.3, 0.4) is 0 Å². The van der Waals surface area contributed by atoms with Gasteiger partial charge in [0.15, 0.2) is 38.8 Å². The fourth-order valence-electron chi connectivity index (χ4n) is 8.66. The number of anilines is 2. The van der Waals surface area contributed by atoms with Gasteiger partial charge in [-0.15, -0.1) is 23.2 Å². The van der Waals surface area contributed by atoms with E-state index in [1.165, 1.54) is 55.7 Å². The van der Waals surface area contributed by atoms with Crippen molar-refractivity contribution < 1.29 is 55.8 Å². The lowest BCUT2D eigenvalue weighted by Gasteiger charge is -2.50. The maximum absolute atomic E-state index is 15.3. The molecule has 1 N–H and O–H groups in total. The number of carbonyl (C=O) groups excluding carboxylic acids is 5. The Morgan fingerprint density at radius 3 is 1.98 bits per heavy atom. The molecule has 4 aromatic rings. The average Bonchev–Trinajstić information content (AvgIpc) is 3.54. The number of phenols is 1. The number of hydrogen-bond acceptors (Lipinski definition) is 7. The quantitative estimate of drug-likeness (QED) is 0.0420. The summed E-state index contributed by atoms with van der Waals surface area (Å²) < 4.78 is 79.3. The summed E-state index contributed by atoms with van der Waals surface area (Å²) in [5, 5.41) is 11.3. The molecule has 6 atom stereocenters. The number of ketones is 1. The van der Waals surface area contributed by atoms with Gasteiger partial charge < -0.3 is 9.84 Å². The molecule has 6 unspecified atom stereocenters. The molecule has 4 aliphatic rings. The molecule has 2 saturated heterocycles. The van der Waals surface area contributed by atoms with Gasteiger partial charge in [-0.2, -0.15) is 0 Å². The largest absolute Gasteiger partial charge is 0.508 e. The first-order chi connectivity index (χ1) is 26.6. The number of imide groups is 2. The standard InChI is InChI=1S/C40H25Cl2F5N2O7/c1-56-24-9-5-8-23(50)26(24)27-20-14-15-21-25(36(53)48(35(21)52)19-12-10-18(11-13-19)34(51)17-6-3-2-4-7-17)22(20)16-39(41)37(54)49(38(55)40(27,39)42)33-31(46)29(44)28(43)30(45)32(33)47/h2-14,21-22,25,27,50H,15-16H2,1H3. The molecular weight excluding hydrogens is 786 g/mol. The van der Waals surface area contributed by atoms with Gasteiger partial charge in [0.05, 0.1) is 24.6 Å². The fourth-order valence-corrected chi connectivity index (χ4v) is 9.58. The Labute approximate surface area is 323 Å². The van der Waals surface area contributed by atoms with Crippen LogP contribution in [-0.2, 0) is 19.2 Å². The maximum Gasteiger partial charge on any atom is 0.258 e. The molecule has 4 amide bonds. The van der Waals surface area contributed by atoms with Crippen LogP contribution in [0, 0.1) is 46.8 Å². The van der Waals surface area contributed by atoms with Gasteiger partial charge in [0.2, 0.25) is 17.6 Å². The van der Waals surface area contributed by atoms with Gasteiger partial charge in [0.25, 0.3) is 11.8 Å². The van der Waals surface area contributed by atoms with Crippen molar-refractivity contribution in [3.05, 3.63) is 130 Å². The Morgan fingerprint density at radius 1 is 0.750 bits per heavy atom. The molecule has 16 heteroatoms. The average molecular weight is 812 g/mol. The minimum atomic E-state index is -2.85. The van der Waals surface area contributed by atoms with Crippen LogP contribution in [0.2, 0.25) is 0 Å². The zero-order valence-electron chi connectivity index (χ0n) is 28.7. The molecule has 2 aliphatic heterocycles. The summed E-state index contributed by atoms with van der Waals surface area (Å²) >= 11 is 14.3. The van der Waals surface area contributed by atoms with E-state index >= 15 is 8.78 Å². The monoisotopic (exact) mass is 810 g/mol. The predicted octanol–water partition coefficient (Wildman–Crippen LogP) is 7.10. The molecule has 8 rings (SSSR count). The van der Waals surface area contributed by atoms with E-state index in [0.717, 1.165) is 4.90 Å². The molecule has 4 aromatic carbocycles. The number of allylic oxidation sites excluding steroid dienone is 2. The number of ether oxygens (including phenoxy) is 1. The number of nitrogens with zero attached hydrogens (tertiary/aromatic N) is 2. The van der Waals surface area contributed by atoms with E-state index < -0.39 is 104 Å². The first kappa shape index (κ1) is 37.3. The van der Waals surface area contributed by atoms with E-state index in [2.05, 4.69) is 0 Å². The van der Waals surface area contributed by atoms with E-state index in [1.54, 1.807) is 30.3 Å².